The van der Waals surface area contributed by atoms with Crippen molar-refractivity contribution >= 4 is 11.9 Å². The lowest BCUT2D eigenvalue weighted by Gasteiger charge is -2.36. The Morgan fingerprint density at radius 3 is 3.06 bits per heavy atom. The van der Waals surface area contributed by atoms with Gasteiger partial charge in [0.15, 0.2) is 0 Å². The van der Waals surface area contributed by atoms with Crippen LogP contribution in [0.4, 0.5) is 5.95 Å². The molecule has 0 spiro atoms. The predicted molar refractivity (Wildman–Crippen MR) is 68.4 cm³/mol. The van der Waals surface area contributed by atoms with Crippen LogP contribution < -0.4 is 10.2 Å². The van der Waals surface area contributed by atoms with E-state index in [1.165, 1.54) is 0 Å². The van der Waals surface area contributed by atoms with Crippen LogP contribution in [0.2, 0.25) is 0 Å². The van der Waals surface area contributed by atoms with Crippen molar-refractivity contribution in [3.05, 3.63) is 17.5 Å². The number of piperidine rings is 1. The molecule has 0 unspecified atom stereocenters. The van der Waals surface area contributed by atoms with E-state index in [9.17, 15) is 4.79 Å². The molecule has 0 bridgehead atoms. The quantitative estimate of drug-likeness (QED) is 0.796. The summed E-state index contributed by atoms with van der Waals surface area (Å²) in [4.78, 5) is 22.9. The SMILES string of the molecule is Cc1cnc(N2CCC[C@H]3C(=O)NC[C@H]32)nc1C. The van der Waals surface area contributed by atoms with Gasteiger partial charge in [-0.15, -0.1) is 0 Å². The molecule has 18 heavy (non-hydrogen) atoms. The Labute approximate surface area is 107 Å². The monoisotopic (exact) mass is 246 g/mol. The Morgan fingerprint density at radius 1 is 1.44 bits per heavy atom. The number of amides is 1. The summed E-state index contributed by atoms with van der Waals surface area (Å²) in [5, 5.41) is 2.95. The smallest absolute Gasteiger partial charge is 0.225 e. The highest BCUT2D eigenvalue weighted by molar-refractivity contribution is 5.82. The lowest BCUT2D eigenvalue weighted by atomic mass is 9.92. The topological polar surface area (TPSA) is 58.1 Å². The average molecular weight is 246 g/mol. The zero-order valence-corrected chi connectivity index (χ0v) is 10.8. The third-order valence-electron chi connectivity index (χ3n) is 4.07. The number of hydrogen-bond donors (Lipinski definition) is 1. The van der Waals surface area contributed by atoms with E-state index < -0.39 is 0 Å². The Kier molecular flexibility index (Phi) is 2.69. The summed E-state index contributed by atoms with van der Waals surface area (Å²) in [6.45, 7) is 5.68. The van der Waals surface area contributed by atoms with Gasteiger partial charge in [0.25, 0.3) is 0 Å². The van der Waals surface area contributed by atoms with Crippen molar-refractivity contribution in [1.82, 2.24) is 15.3 Å². The van der Waals surface area contributed by atoms with Crippen molar-refractivity contribution in [2.24, 2.45) is 5.92 Å². The molecule has 2 saturated heterocycles. The van der Waals surface area contributed by atoms with Crippen molar-refractivity contribution in [2.75, 3.05) is 18.0 Å². The Balaban J connectivity index is 1.91. The maximum absolute atomic E-state index is 11.7. The van der Waals surface area contributed by atoms with Crippen LogP contribution in [-0.4, -0.2) is 35.0 Å². The number of aromatic nitrogens is 2. The Hall–Kier alpha value is -1.65. The van der Waals surface area contributed by atoms with Crippen LogP contribution in [0.25, 0.3) is 0 Å². The fourth-order valence-corrected chi connectivity index (χ4v) is 2.85. The van der Waals surface area contributed by atoms with E-state index in [1.807, 2.05) is 20.0 Å². The first-order valence-electron chi connectivity index (χ1n) is 6.51. The van der Waals surface area contributed by atoms with E-state index in [1.54, 1.807) is 0 Å². The zero-order valence-electron chi connectivity index (χ0n) is 10.8. The number of rotatable bonds is 1. The van der Waals surface area contributed by atoms with Crippen molar-refractivity contribution in [2.45, 2.75) is 32.7 Å². The van der Waals surface area contributed by atoms with Gasteiger partial charge in [-0.05, 0) is 32.3 Å². The number of anilines is 1. The fourth-order valence-electron chi connectivity index (χ4n) is 2.85. The minimum Gasteiger partial charge on any atom is -0.354 e. The molecule has 5 nitrogen and oxygen atoms in total. The van der Waals surface area contributed by atoms with E-state index in [4.69, 9.17) is 0 Å². The van der Waals surface area contributed by atoms with Crippen molar-refractivity contribution in [1.29, 1.82) is 0 Å². The van der Waals surface area contributed by atoms with Crippen LogP contribution in [0.5, 0.6) is 0 Å². The average Bonchev–Trinajstić information content (AvgIpc) is 2.75. The largest absolute Gasteiger partial charge is 0.354 e. The second kappa shape index (κ2) is 4.23. The Bertz CT molecular complexity index is 488. The molecule has 3 heterocycles. The molecule has 2 atom stereocenters. The predicted octanol–water partition coefficient (Wildman–Crippen LogP) is 0.808. The first-order chi connectivity index (χ1) is 8.66. The van der Waals surface area contributed by atoms with Crippen LogP contribution >= 0.6 is 0 Å². The summed E-state index contributed by atoms with van der Waals surface area (Å²) >= 11 is 0. The highest BCUT2D eigenvalue weighted by Gasteiger charge is 2.41. The Morgan fingerprint density at radius 2 is 2.28 bits per heavy atom. The maximum Gasteiger partial charge on any atom is 0.225 e. The normalized spacial score (nSPS) is 27.0. The van der Waals surface area contributed by atoms with Gasteiger partial charge in [-0.2, -0.15) is 0 Å². The molecular formula is C13H18N4O. The number of nitrogens with one attached hydrogen (secondary N) is 1. The molecule has 2 fully saturated rings. The zero-order chi connectivity index (χ0) is 12.7. The second-order valence-corrected chi connectivity index (χ2v) is 5.19. The molecule has 0 saturated carbocycles. The summed E-state index contributed by atoms with van der Waals surface area (Å²) in [7, 11) is 0. The number of aryl methyl sites for hydroxylation is 2. The van der Waals surface area contributed by atoms with Crippen LogP contribution in [0.3, 0.4) is 0 Å². The molecule has 0 aliphatic carbocycles. The molecule has 3 rings (SSSR count). The summed E-state index contributed by atoms with van der Waals surface area (Å²) in [6, 6.07) is 0.230. The van der Waals surface area contributed by atoms with E-state index in [0.717, 1.165) is 43.1 Å². The highest BCUT2D eigenvalue weighted by atomic mass is 16.2. The maximum atomic E-state index is 11.7. The van der Waals surface area contributed by atoms with Gasteiger partial charge >= 0.3 is 0 Å². The standard InChI is InChI=1S/C13H18N4O/c1-8-6-15-13(16-9(8)2)17-5-3-4-10-11(17)7-14-12(10)18/h6,10-11H,3-5,7H2,1-2H3,(H,14,18)/t10-,11-/m1/s1. The van der Waals surface area contributed by atoms with Crippen LogP contribution in [0.15, 0.2) is 6.20 Å². The van der Waals surface area contributed by atoms with Gasteiger partial charge in [0.05, 0.1) is 12.0 Å². The molecule has 96 valence electrons. The molecular weight excluding hydrogens is 228 g/mol. The van der Waals surface area contributed by atoms with E-state index >= 15 is 0 Å². The van der Waals surface area contributed by atoms with E-state index in [-0.39, 0.29) is 17.9 Å². The van der Waals surface area contributed by atoms with Crippen LogP contribution in [0.1, 0.15) is 24.1 Å². The number of nitrogens with zero attached hydrogens (tertiary/aromatic N) is 3. The summed E-state index contributed by atoms with van der Waals surface area (Å²) in [6.07, 6.45) is 3.88. The minimum absolute atomic E-state index is 0.115. The molecule has 1 amide bonds. The minimum atomic E-state index is 0.115. The summed E-state index contributed by atoms with van der Waals surface area (Å²) < 4.78 is 0. The third kappa shape index (κ3) is 1.74. The van der Waals surface area contributed by atoms with Gasteiger partial charge < -0.3 is 10.2 Å². The summed E-state index contributed by atoms with van der Waals surface area (Å²) in [5.41, 5.74) is 2.12. The lowest BCUT2D eigenvalue weighted by molar-refractivity contribution is -0.123. The molecule has 1 aromatic rings. The second-order valence-electron chi connectivity index (χ2n) is 5.19. The molecule has 0 aromatic carbocycles. The van der Waals surface area contributed by atoms with Crippen molar-refractivity contribution in [3.8, 4) is 0 Å². The highest BCUT2D eigenvalue weighted by Crippen LogP contribution is 2.29. The van der Waals surface area contributed by atoms with Crippen molar-refractivity contribution in [3.63, 3.8) is 0 Å². The van der Waals surface area contributed by atoms with Gasteiger partial charge in [0.1, 0.15) is 0 Å². The fraction of sp³-hybridized carbons (Fsp3) is 0.615. The van der Waals surface area contributed by atoms with Gasteiger partial charge in [0.2, 0.25) is 11.9 Å². The first kappa shape index (κ1) is 11.4. The third-order valence-corrected chi connectivity index (χ3v) is 4.07. The van der Waals surface area contributed by atoms with E-state index in [0.29, 0.717) is 0 Å². The number of fused-ring (bicyclic) bond motifs is 1. The van der Waals surface area contributed by atoms with Crippen molar-refractivity contribution < 1.29 is 4.79 Å². The molecule has 2 aliphatic heterocycles. The molecule has 5 heteroatoms. The van der Waals surface area contributed by atoms with Gasteiger partial charge in [-0.3, -0.25) is 4.79 Å². The number of hydrogen-bond acceptors (Lipinski definition) is 4. The molecule has 1 N–H and O–H groups in total. The first-order valence-corrected chi connectivity index (χ1v) is 6.51. The van der Waals surface area contributed by atoms with Gasteiger partial charge in [0, 0.05) is 25.0 Å². The molecule has 0 radical (unpaired) electrons. The summed E-state index contributed by atoms with van der Waals surface area (Å²) in [5.74, 6) is 1.07. The van der Waals surface area contributed by atoms with Crippen LogP contribution in [-0.2, 0) is 4.79 Å². The number of carbonyl (C=O) groups is 1. The molecule has 1 aromatic heterocycles. The van der Waals surface area contributed by atoms with Gasteiger partial charge in [-0.1, -0.05) is 0 Å². The number of carbonyl (C=O) groups excluding carboxylic acids is 1. The molecule has 2 aliphatic rings. The van der Waals surface area contributed by atoms with Crippen LogP contribution in [0, 0.1) is 19.8 Å². The lowest BCUT2D eigenvalue weighted by Crippen LogP contribution is -2.46. The van der Waals surface area contributed by atoms with E-state index in [2.05, 4.69) is 20.2 Å². The van der Waals surface area contributed by atoms with Gasteiger partial charge in [-0.25, -0.2) is 9.97 Å².